The van der Waals surface area contributed by atoms with Crippen molar-refractivity contribution < 1.29 is 9.47 Å². The third-order valence-electron chi connectivity index (χ3n) is 24.9. The van der Waals surface area contributed by atoms with Gasteiger partial charge in [-0.2, -0.15) is 0 Å². The lowest BCUT2D eigenvalue weighted by Crippen LogP contribution is -2.37. The highest BCUT2D eigenvalue weighted by atomic mass is 16.5. The molecule has 2 aliphatic rings. The van der Waals surface area contributed by atoms with Crippen LogP contribution in [0.15, 0.2) is 218 Å². The van der Waals surface area contributed by atoms with Crippen LogP contribution in [0.2, 0.25) is 0 Å². The summed E-state index contributed by atoms with van der Waals surface area (Å²) in [6, 6.07) is 85.7. The maximum atomic E-state index is 7.76. The minimum absolute atomic E-state index is 0.0779. The van der Waals surface area contributed by atoms with Gasteiger partial charge in [0.25, 0.3) is 0 Å². The summed E-state index contributed by atoms with van der Waals surface area (Å²) in [5.74, 6) is 3.12. The number of nitrogens with zero attached hydrogens (tertiary/aromatic N) is 4. The monoisotopic (exact) mass is 1460 g/mol. The summed E-state index contributed by atoms with van der Waals surface area (Å²) in [7, 11) is 0. The fourth-order valence-corrected chi connectivity index (χ4v) is 18.2. The molecule has 6 nitrogen and oxygen atoms in total. The third-order valence-corrected chi connectivity index (χ3v) is 24.9. The Morgan fingerprint density at radius 2 is 0.324 bits per heavy atom. The summed E-state index contributed by atoms with van der Waals surface area (Å²) in [6.07, 6.45) is 0. The molecule has 0 amide bonds. The van der Waals surface area contributed by atoms with Crippen LogP contribution < -0.4 is 9.47 Å². The zero-order valence-corrected chi connectivity index (χ0v) is 69.9. The van der Waals surface area contributed by atoms with Crippen molar-refractivity contribution in [3.63, 3.8) is 0 Å². The molecular weight excluding hydrogens is 1350 g/mol. The van der Waals surface area contributed by atoms with Crippen LogP contribution in [-0.4, -0.2) is 18.3 Å². The van der Waals surface area contributed by atoms with Crippen LogP contribution in [0.4, 0.5) is 0 Å². The Kier molecular flexibility index (Phi) is 15.4. The van der Waals surface area contributed by atoms with Crippen molar-refractivity contribution in [3.05, 3.63) is 285 Å². The Hall–Kier alpha value is -10.6. The first kappa shape index (κ1) is 72.0. The zero-order valence-electron chi connectivity index (χ0n) is 69.9. The Balaban J connectivity index is 1.01. The molecule has 6 heteroatoms. The molecular formula is C105H108N4O2. The van der Waals surface area contributed by atoms with Crippen LogP contribution >= 0.6 is 0 Å². The van der Waals surface area contributed by atoms with Gasteiger partial charge in [0.05, 0.1) is 49.5 Å². The summed E-state index contributed by atoms with van der Waals surface area (Å²) in [5, 5.41) is 9.89. The van der Waals surface area contributed by atoms with Gasteiger partial charge in [-0.25, -0.2) is 0 Å². The van der Waals surface area contributed by atoms with Gasteiger partial charge >= 0.3 is 0 Å². The lowest BCUT2D eigenvalue weighted by atomic mass is 9.62. The smallest absolute Gasteiger partial charge is 0.132 e. The second-order valence-corrected chi connectivity index (χ2v) is 40.9. The van der Waals surface area contributed by atoms with E-state index in [4.69, 9.17) is 9.47 Å². The molecule has 0 N–H and O–H groups in total. The van der Waals surface area contributed by atoms with Crippen LogP contribution in [0, 0.1) is 0 Å². The van der Waals surface area contributed by atoms with Gasteiger partial charge in [0.2, 0.25) is 0 Å². The molecule has 560 valence electrons. The second kappa shape index (κ2) is 23.7. The van der Waals surface area contributed by atoms with E-state index in [0.717, 1.165) is 112 Å². The Bertz CT molecular complexity index is 5560. The van der Waals surface area contributed by atoms with E-state index in [1.807, 2.05) is 0 Å². The first-order valence-electron chi connectivity index (χ1n) is 40.4. The normalized spacial score (nSPS) is 14.3. The van der Waals surface area contributed by atoms with E-state index in [2.05, 4.69) is 403 Å². The molecule has 0 saturated heterocycles. The highest BCUT2D eigenvalue weighted by molar-refractivity contribution is 6.13. The molecule has 0 saturated carbocycles. The lowest BCUT2D eigenvalue weighted by Gasteiger charge is -2.45. The maximum Gasteiger partial charge on any atom is 0.132 e. The first-order chi connectivity index (χ1) is 52.0. The van der Waals surface area contributed by atoms with Gasteiger partial charge < -0.3 is 27.7 Å². The summed E-state index contributed by atoms with van der Waals surface area (Å²) >= 11 is 0. The molecule has 6 heterocycles. The lowest BCUT2D eigenvalue weighted by molar-refractivity contribution is 0.399. The quantitative estimate of drug-likeness (QED) is 0.176. The molecule has 111 heavy (non-hydrogen) atoms. The van der Waals surface area contributed by atoms with Crippen molar-refractivity contribution in [3.8, 4) is 45.7 Å². The number of fused-ring (bicyclic) bond motifs is 20. The number of hydrogen-bond donors (Lipinski definition) is 0. The van der Waals surface area contributed by atoms with Gasteiger partial charge in [0.1, 0.15) is 23.0 Å². The van der Waals surface area contributed by atoms with E-state index >= 15 is 0 Å². The standard InChI is InChI=1S/C105H108N4O2/c1-97(2,3)61-25-37-85-73(49-61)74-50-62(98(4,5)6)26-38-86(74)106(85)69-33-45-93-81(57-69)105(82-58-70(34-46-94(82)110-93)107-87-39-27-63(99(7,8)9)51-75(87)76-52-64(100(10,11)12)28-40-88(76)107)83-59-71(108-89-41-29-65(101(13,14)15)53-77(89)78-54-66(102(16,17)18)30-42-90(78)108)35-47-95(83)111-96-48-36-72(60-84(96)105)109-91-43-31-67(103(19,20)21)55-79(91)80-56-68(104(22,23)24)32-44-92(80)109/h25-60H,1-24H3. The van der Waals surface area contributed by atoms with Crippen molar-refractivity contribution >= 4 is 87.2 Å². The minimum atomic E-state index is -1.16. The van der Waals surface area contributed by atoms with Crippen LogP contribution in [0.3, 0.4) is 0 Å². The topological polar surface area (TPSA) is 38.2 Å². The zero-order chi connectivity index (χ0) is 78.5. The van der Waals surface area contributed by atoms with Crippen molar-refractivity contribution in [1.82, 2.24) is 18.3 Å². The average molecular weight is 1460 g/mol. The third kappa shape index (κ3) is 11.3. The minimum Gasteiger partial charge on any atom is -0.457 e. The highest BCUT2D eigenvalue weighted by Gasteiger charge is 2.52. The summed E-state index contributed by atoms with van der Waals surface area (Å²) in [5.41, 5.74) is 26.0. The Labute approximate surface area is 656 Å². The predicted octanol–water partition coefficient (Wildman–Crippen LogP) is 29.0. The Morgan fingerprint density at radius 3 is 0.459 bits per heavy atom. The molecule has 1 spiro atoms. The van der Waals surface area contributed by atoms with E-state index in [1.54, 1.807) is 0 Å². The van der Waals surface area contributed by atoms with Crippen molar-refractivity contribution in [2.75, 3.05) is 0 Å². The molecule has 0 fully saturated rings. The van der Waals surface area contributed by atoms with Crippen molar-refractivity contribution in [2.45, 2.75) is 215 Å². The van der Waals surface area contributed by atoms with Gasteiger partial charge in [-0.1, -0.05) is 215 Å². The molecule has 2 aliphatic heterocycles. The number of rotatable bonds is 4. The summed E-state index contributed by atoms with van der Waals surface area (Å²) in [4.78, 5) is 0. The molecule has 0 aliphatic carbocycles. The first-order valence-corrected chi connectivity index (χ1v) is 40.4. The number of hydrogen-bond acceptors (Lipinski definition) is 2. The number of ether oxygens (including phenoxy) is 2. The van der Waals surface area contributed by atoms with Crippen LogP contribution in [-0.2, 0) is 48.7 Å². The van der Waals surface area contributed by atoms with E-state index in [-0.39, 0.29) is 43.3 Å². The van der Waals surface area contributed by atoms with Gasteiger partial charge in [-0.05, 0) is 258 Å². The molecule has 0 unspecified atom stereocenters. The largest absolute Gasteiger partial charge is 0.457 e. The maximum absolute atomic E-state index is 7.76. The molecule has 12 aromatic carbocycles. The van der Waals surface area contributed by atoms with Gasteiger partial charge in [-0.3, -0.25) is 0 Å². The SMILES string of the molecule is CC(C)(C)c1ccc2c(c1)c1cc(C(C)(C)C)ccc1n2-c1ccc2c(c1)C1(c3cc(-n4c5ccc(C(C)(C)C)cc5c5cc(C(C)(C)C)ccc54)ccc3O2)c2cc(-n3c4ccc(C(C)(C)C)cc4c4cc(C(C)(C)C)ccc43)ccc2Oc2ccc(-n3c4ccc(C(C)(C)C)cc4c4cc(C(C)(C)C)ccc43)cc21. The van der Waals surface area contributed by atoms with Gasteiger partial charge in [0, 0.05) is 88.1 Å². The fraction of sp³-hybridized carbons (Fsp3) is 0.314. The molecule has 4 aromatic heterocycles. The van der Waals surface area contributed by atoms with Crippen LogP contribution in [0.1, 0.15) is 233 Å². The average Bonchev–Trinajstić information content (AvgIpc) is 0.857. The molecule has 0 atom stereocenters. The molecule has 0 radical (unpaired) electrons. The highest BCUT2D eigenvalue weighted by Crippen LogP contribution is 2.63. The van der Waals surface area contributed by atoms with Gasteiger partial charge in [0.15, 0.2) is 0 Å². The van der Waals surface area contributed by atoms with Crippen LogP contribution in [0.25, 0.3) is 110 Å². The van der Waals surface area contributed by atoms with Gasteiger partial charge in [-0.15, -0.1) is 0 Å². The van der Waals surface area contributed by atoms with E-state index in [0.29, 0.717) is 0 Å². The number of aromatic nitrogens is 4. The predicted molar refractivity (Wildman–Crippen MR) is 472 cm³/mol. The van der Waals surface area contributed by atoms with E-state index in [9.17, 15) is 0 Å². The van der Waals surface area contributed by atoms with E-state index < -0.39 is 5.41 Å². The Morgan fingerprint density at radius 1 is 0.180 bits per heavy atom. The summed E-state index contributed by atoms with van der Waals surface area (Å²) in [6.45, 7) is 55.8. The fourth-order valence-electron chi connectivity index (χ4n) is 18.2. The molecule has 0 bridgehead atoms. The van der Waals surface area contributed by atoms with E-state index in [1.165, 1.54) is 87.6 Å². The van der Waals surface area contributed by atoms with Crippen molar-refractivity contribution in [1.29, 1.82) is 0 Å². The van der Waals surface area contributed by atoms with Crippen molar-refractivity contribution in [2.24, 2.45) is 0 Å². The molecule has 18 rings (SSSR count). The summed E-state index contributed by atoms with van der Waals surface area (Å²) < 4.78 is 25.6. The van der Waals surface area contributed by atoms with Crippen LogP contribution in [0.5, 0.6) is 23.0 Å². The number of benzene rings is 12. The second-order valence-electron chi connectivity index (χ2n) is 40.9. The molecule has 16 aromatic rings.